The Labute approximate surface area is 90.5 Å². The third-order valence-electron chi connectivity index (χ3n) is 2.78. The summed E-state index contributed by atoms with van der Waals surface area (Å²) in [5.41, 5.74) is 1.31. The number of nitrogens with one attached hydrogen (secondary N) is 1. The minimum absolute atomic E-state index is 0.438. The first-order valence-corrected chi connectivity index (χ1v) is 5.62. The van der Waals surface area contributed by atoms with Crippen LogP contribution in [0.1, 0.15) is 31.4 Å². The molecule has 14 heavy (non-hydrogen) atoms. The summed E-state index contributed by atoms with van der Waals surface area (Å²) < 4.78 is 0. The van der Waals surface area contributed by atoms with Gasteiger partial charge in [-0.15, -0.1) is 0 Å². The Morgan fingerprint density at radius 1 is 1.36 bits per heavy atom. The van der Waals surface area contributed by atoms with E-state index < -0.39 is 0 Å². The van der Waals surface area contributed by atoms with Crippen LogP contribution in [0.4, 0.5) is 0 Å². The molecule has 76 valence electrons. The molecule has 1 nitrogen and oxygen atoms in total. The van der Waals surface area contributed by atoms with E-state index in [0.717, 1.165) is 17.5 Å². The van der Waals surface area contributed by atoms with Gasteiger partial charge >= 0.3 is 0 Å². The standard InChI is InChI=1S/C12H16ClN/c1-9(14-8-10-2-3-10)11-4-6-12(13)7-5-11/h4-7,9-10,14H,2-3,8H2,1H3. The molecule has 1 N–H and O–H groups in total. The molecule has 1 aromatic carbocycles. The lowest BCUT2D eigenvalue weighted by atomic mass is 10.1. The van der Waals surface area contributed by atoms with Crippen molar-refractivity contribution in [2.24, 2.45) is 5.92 Å². The fourth-order valence-electron chi connectivity index (χ4n) is 1.53. The van der Waals surface area contributed by atoms with E-state index in [1.165, 1.54) is 18.4 Å². The summed E-state index contributed by atoms with van der Waals surface area (Å²) in [6.07, 6.45) is 2.81. The van der Waals surface area contributed by atoms with Crippen molar-refractivity contribution < 1.29 is 0 Å². The normalized spacial score (nSPS) is 18.1. The van der Waals surface area contributed by atoms with Crippen LogP contribution in [0.5, 0.6) is 0 Å². The Bertz CT molecular complexity index is 290. The molecule has 0 aromatic heterocycles. The van der Waals surface area contributed by atoms with Crippen molar-refractivity contribution in [3.8, 4) is 0 Å². The van der Waals surface area contributed by atoms with Gasteiger partial charge in [0.25, 0.3) is 0 Å². The third kappa shape index (κ3) is 2.73. The van der Waals surface area contributed by atoms with E-state index in [-0.39, 0.29) is 0 Å². The molecule has 1 atom stereocenters. The van der Waals surface area contributed by atoms with Crippen LogP contribution in [0.3, 0.4) is 0 Å². The maximum absolute atomic E-state index is 5.83. The second-order valence-corrected chi connectivity index (χ2v) is 4.56. The van der Waals surface area contributed by atoms with Crippen molar-refractivity contribution in [1.29, 1.82) is 0 Å². The molecule has 0 amide bonds. The van der Waals surface area contributed by atoms with Crippen LogP contribution in [-0.4, -0.2) is 6.54 Å². The first kappa shape index (κ1) is 10.0. The van der Waals surface area contributed by atoms with Gasteiger partial charge in [-0.05, 0) is 49.9 Å². The molecule has 0 heterocycles. The maximum Gasteiger partial charge on any atom is 0.0406 e. The quantitative estimate of drug-likeness (QED) is 0.802. The van der Waals surface area contributed by atoms with E-state index >= 15 is 0 Å². The smallest absolute Gasteiger partial charge is 0.0406 e. The van der Waals surface area contributed by atoms with E-state index in [1.54, 1.807) is 0 Å². The van der Waals surface area contributed by atoms with E-state index in [2.05, 4.69) is 24.4 Å². The second-order valence-electron chi connectivity index (χ2n) is 4.12. The van der Waals surface area contributed by atoms with Crippen LogP contribution in [-0.2, 0) is 0 Å². The summed E-state index contributed by atoms with van der Waals surface area (Å²) in [4.78, 5) is 0. The predicted octanol–water partition coefficient (Wildman–Crippen LogP) is 3.40. The molecule has 1 fully saturated rings. The SMILES string of the molecule is CC(NCC1CC1)c1ccc(Cl)cc1. The Kier molecular flexibility index (Phi) is 3.09. The molecule has 2 rings (SSSR count). The first-order valence-electron chi connectivity index (χ1n) is 5.24. The van der Waals surface area contributed by atoms with Gasteiger partial charge in [-0.3, -0.25) is 0 Å². The summed E-state index contributed by atoms with van der Waals surface area (Å²) in [7, 11) is 0. The molecule has 0 aliphatic heterocycles. The number of halogens is 1. The molecule has 0 spiro atoms. The van der Waals surface area contributed by atoms with Crippen molar-refractivity contribution >= 4 is 11.6 Å². The Morgan fingerprint density at radius 2 is 2.00 bits per heavy atom. The highest BCUT2D eigenvalue weighted by molar-refractivity contribution is 6.30. The number of hydrogen-bond donors (Lipinski definition) is 1. The largest absolute Gasteiger partial charge is 0.310 e. The summed E-state index contributed by atoms with van der Waals surface area (Å²) >= 11 is 5.83. The van der Waals surface area contributed by atoms with Gasteiger partial charge in [0.05, 0.1) is 0 Å². The summed E-state index contributed by atoms with van der Waals surface area (Å²) in [5, 5.41) is 4.35. The molecule has 1 aliphatic carbocycles. The van der Waals surface area contributed by atoms with Crippen molar-refractivity contribution in [2.45, 2.75) is 25.8 Å². The molecular formula is C12H16ClN. The van der Waals surface area contributed by atoms with Crippen LogP contribution in [0.25, 0.3) is 0 Å². The lowest BCUT2D eigenvalue weighted by Crippen LogP contribution is -2.20. The molecule has 0 bridgehead atoms. The zero-order valence-corrected chi connectivity index (χ0v) is 9.22. The molecule has 0 saturated heterocycles. The minimum atomic E-state index is 0.438. The molecule has 1 aliphatic rings. The van der Waals surface area contributed by atoms with Crippen molar-refractivity contribution in [3.63, 3.8) is 0 Å². The summed E-state index contributed by atoms with van der Waals surface area (Å²) in [6.45, 7) is 3.36. The second kappa shape index (κ2) is 4.33. The van der Waals surface area contributed by atoms with Gasteiger partial charge in [0.1, 0.15) is 0 Å². The van der Waals surface area contributed by atoms with E-state index in [9.17, 15) is 0 Å². The Morgan fingerprint density at radius 3 is 2.57 bits per heavy atom. The van der Waals surface area contributed by atoms with Gasteiger partial charge in [0.15, 0.2) is 0 Å². The highest BCUT2D eigenvalue weighted by atomic mass is 35.5. The van der Waals surface area contributed by atoms with Gasteiger partial charge in [-0.1, -0.05) is 23.7 Å². The zero-order chi connectivity index (χ0) is 9.97. The van der Waals surface area contributed by atoms with Crippen molar-refractivity contribution in [1.82, 2.24) is 5.32 Å². The minimum Gasteiger partial charge on any atom is -0.310 e. The van der Waals surface area contributed by atoms with Gasteiger partial charge in [0, 0.05) is 11.1 Å². The molecule has 1 unspecified atom stereocenters. The van der Waals surface area contributed by atoms with Crippen LogP contribution >= 0.6 is 11.6 Å². The lowest BCUT2D eigenvalue weighted by molar-refractivity contribution is 0.549. The fourth-order valence-corrected chi connectivity index (χ4v) is 1.66. The molecule has 0 radical (unpaired) electrons. The highest BCUT2D eigenvalue weighted by Crippen LogP contribution is 2.28. The van der Waals surface area contributed by atoms with Crippen LogP contribution in [0, 0.1) is 5.92 Å². The number of benzene rings is 1. The Hall–Kier alpha value is -0.530. The number of hydrogen-bond acceptors (Lipinski definition) is 1. The average molecular weight is 210 g/mol. The van der Waals surface area contributed by atoms with Crippen LogP contribution in [0.15, 0.2) is 24.3 Å². The Balaban J connectivity index is 1.88. The zero-order valence-electron chi connectivity index (χ0n) is 8.46. The number of rotatable bonds is 4. The monoisotopic (exact) mass is 209 g/mol. The van der Waals surface area contributed by atoms with E-state index in [4.69, 9.17) is 11.6 Å². The van der Waals surface area contributed by atoms with E-state index in [0.29, 0.717) is 6.04 Å². The van der Waals surface area contributed by atoms with Crippen LogP contribution < -0.4 is 5.32 Å². The topological polar surface area (TPSA) is 12.0 Å². The third-order valence-corrected chi connectivity index (χ3v) is 3.03. The molecule has 2 heteroatoms. The van der Waals surface area contributed by atoms with Crippen molar-refractivity contribution in [3.05, 3.63) is 34.9 Å². The van der Waals surface area contributed by atoms with Crippen molar-refractivity contribution in [2.75, 3.05) is 6.54 Å². The highest BCUT2D eigenvalue weighted by Gasteiger charge is 2.21. The molecule has 1 saturated carbocycles. The maximum atomic E-state index is 5.83. The summed E-state index contributed by atoms with van der Waals surface area (Å²) in [5.74, 6) is 0.935. The van der Waals surface area contributed by atoms with Crippen LogP contribution in [0.2, 0.25) is 5.02 Å². The molecular weight excluding hydrogens is 194 g/mol. The molecule has 1 aromatic rings. The van der Waals surface area contributed by atoms with E-state index in [1.807, 2.05) is 12.1 Å². The van der Waals surface area contributed by atoms with Gasteiger partial charge in [-0.25, -0.2) is 0 Å². The van der Waals surface area contributed by atoms with Gasteiger partial charge < -0.3 is 5.32 Å². The van der Waals surface area contributed by atoms with Gasteiger partial charge in [0.2, 0.25) is 0 Å². The lowest BCUT2D eigenvalue weighted by Gasteiger charge is -2.13. The summed E-state index contributed by atoms with van der Waals surface area (Å²) in [6, 6.07) is 8.52. The predicted molar refractivity (Wildman–Crippen MR) is 60.6 cm³/mol. The average Bonchev–Trinajstić information content (AvgIpc) is 2.99. The fraction of sp³-hybridized carbons (Fsp3) is 0.500. The van der Waals surface area contributed by atoms with Gasteiger partial charge in [-0.2, -0.15) is 0 Å². The first-order chi connectivity index (χ1) is 6.75.